The molecule has 4 rings (SSSR count). The monoisotopic (exact) mass is 525 g/mol. The van der Waals surface area contributed by atoms with Crippen molar-refractivity contribution in [2.24, 2.45) is 0 Å². The number of phenols is 1. The molecule has 0 aromatic heterocycles. The third-order valence-electron chi connectivity index (χ3n) is 6.73. The lowest BCUT2D eigenvalue weighted by molar-refractivity contribution is -0.162. The van der Waals surface area contributed by atoms with Gasteiger partial charge in [-0.05, 0) is 37.6 Å². The van der Waals surface area contributed by atoms with E-state index in [2.05, 4.69) is 5.32 Å². The number of hydrogen-bond acceptors (Lipinski definition) is 12. The van der Waals surface area contributed by atoms with Crippen LogP contribution < -0.4 is 10.1 Å². The lowest BCUT2D eigenvalue weighted by Gasteiger charge is -2.43. The summed E-state index contributed by atoms with van der Waals surface area (Å²) in [7, 11) is 1.40. The van der Waals surface area contributed by atoms with Crippen molar-refractivity contribution in [1.29, 1.82) is 0 Å². The van der Waals surface area contributed by atoms with Gasteiger partial charge in [-0.1, -0.05) is 6.07 Å². The number of amides is 1. The first-order valence-corrected chi connectivity index (χ1v) is 11.7. The standard InChI is InChI=1S/C24H31NO12/c1-9(23(32)25-14-15(28)16(29)21-22(20(14)33-3)35-8-34-21)6-11-4-5-13(12(27)7-11)36-24-18(31)17(30)19(37-24)10(2)26/h4-7,14-22,24,27-31H,8H2,1-3H3,(H,25,32)/b9-6-/t14-,15+,16-,17+,18+,19-,20-,21-,22+,24-/m1/s1. The number of phenolic OH excluding ortho intramolecular Hbond substituents is 1. The zero-order chi connectivity index (χ0) is 27.0. The topological polar surface area (TPSA) is 193 Å². The number of methoxy groups -OCH3 is 1. The highest BCUT2D eigenvalue weighted by atomic mass is 16.7. The molecule has 10 atom stereocenters. The zero-order valence-electron chi connectivity index (χ0n) is 20.4. The highest BCUT2D eigenvalue weighted by Gasteiger charge is 2.54. The molecule has 2 aliphatic heterocycles. The predicted octanol–water partition coefficient (Wildman–Crippen LogP) is -1.81. The van der Waals surface area contributed by atoms with Crippen molar-refractivity contribution < 1.29 is 58.8 Å². The van der Waals surface area contributed by atoms with Crippen LogP contribution in [0.15, 0.2) is 23.8 Å². The number of benzene rings is 1. The molecular weight excluding hydrogens is 494 g/mol. The Balaban J connectivity index is 1.43. The molecule has 3 aliphatic rings. The van der Waals surface area contributed by atoms with Gasteiger partial charge < -0.3 is 54.5 Å². The first-order valence-electron chi connectivity index (χ1n) is 11.7. The van der Waals surface area contributed by atoms with Crippen LogP contribution in [0.3, 0.4) is 0 Å². The van der Waals surface area contributed by atoms with Gasteiger partial charge in [0.15, 0.2) is 17.3 Å². The first kappa shape index (κ1) is 27.4. The third-order valence-corrected chi connectivity index (χ3v) is 6.73. The second-order valence-corrected chi connectivity index (χ2v) is 9.25. The van der Waals surface area contributed by atoms with E-state index < -0.39 is 72.9 Å². The number of nitrogens with one attached hydrogen (secondary N) is 1. The highest BCUT2D eigenvalue weighted by molar-refractivity contribution is 5.97. The lowest BCUT2D eigenvalue weighted by Crippen LogP contribution is -2.68. The molecule has 6 N–H and O–H groups in total. The van der Waals surface area contributed by atoms with Crippen LogP contribution in [-0.2, 0) is 28.5 Å². The molecule has 1 amide bonds. The second kappa shape index (κ2) is 11.0. The second-order valence-electron chi connectivity index (χ2n) is 9.25. The van der Waals surface area contributed by atoms with E-state index in [-0.39, 0.29) is 23.9 Å². The number of aliphatic hydroxyl groups excluding tert-OH is 4. The number of fused-ring (bicyclic) bond motifs is 1. The van der Waals surface area contributed by atoms with Crippen LogP contribution in [0.1, 0.15) is 19.4 Å². The Kier molecular flexibility index (Phi) is 8.16. The predicted molar refractivity (Wildman–Crippen MR) is 123 cm³/mol. The largest absolute Gasteiger partial charge is 0.504 e. The number of ketones is 1. The summed E-state index contributed by atoms with van der Waals surface area (Å²) in [5.74, 6) is -1.45. The van der Waals surface area contributed by atoms with Crippen molar-refractivity contribution in [1.82, 2.24) is 5.32 Å². The van der Waals surface area contributed by atoms with E-state index >= 15 is 0 Å². The van der Waals surface area contributed by atoms with Gasteiger partial charge in [0.2, 0.25) is 12.2 Å². The summed E-state index contributed by atoms with van der Waals surface area (Å²) in [4.78, 5) is 24.4. The van der Waals surface area contributed by atoms with Gasteiger partial charge in [-0.3, -0.25) is 9.59 Å². The summed E-state index contributed by atoms with van der Waals surface area (Å²) in [5.41, 5.74) is 0.643. The molecule has 2 saturated heterocycles. The smallest absolute Gasteiger partial charge is 0.247 e. The maximum atomic E-state index is 12.9. The third kappa shape index (κ3) is 5.35. The van der Waals surface area contributed by atoms with Crippen molar-refractivity contribution in [3.8, 4) is 11.5 Å². The minimum atomic E-state index is -1.50. The van der Waals surface area contributed by atoms with Crippen molar-refractivity contribution in [3.63, 3.8) is 0 Å². The van der Waals surface area contributed by atoms with Gasteiger partial charge in [-0.2, -0.15) is 0 Å². The summed E-state index contributed by atoms with van der Waals surface area (Å²) >= 11 is 0. The van der Waals surface area contributed by atoms with E-state index in [1.165, 1.54) is 45.2 Å². The number of hydrogen-bond donors (Lipinski definition) is 6. The highest BCUT2D eigenvalue weighted by Crippen LogP contribution is 2.33. The first-order chi connectivity index (χ1) is 17.5. The Hall–Kier alpha value is -2.62. The molecule has 0 bridgehead atoms. The Labute approximate surface area is 212 Å². The van der Waals surface area contributed by atoms with Crippen molar-refractivity contribution in [2.75, 3.05) is 13.9 Å². The molecule has 1 aliphatic carbocycles. The van der Waals surface area contributed by atoms with Gasteiger partial charge in [-0.15, -0.1) is 0 Å². The number of ether oxygens (including phenoxy) is 5. The zero-order valence-corrected chi connectivity index (χ0v) is 20.4. The molecule has 13 nitrogen and oxygen atoms in total. The van der Waals surface area contributed by atoms with Gasteiger partial charge in [0.05, 0.1) is 6.04 Å². The minimum Gasteiger partial charge on any atom is -0.504 e. The fourth-order valence-corrected chi connectivity index (χ4v) is 4.72. The number of carbonyl (C=O) groups excluding carboxylic acids is 2. The van der Waals surface area contributed by atoms with E-state index in [0.29, 0.717) is 5.56 Å². The Morgan fingerprint density at radius 1 is 1.03 bits per heavy atom. The molecule has 0 radical (unpaired) electrons. The summed E-state index contributed by atoms with van der Waals surface area (Å²) in [6, 6.07) is 3.22. The van der Waals surface area contributed by atoms with Crippen LogP contribution in [0, 0.1) is 0 Å². The van der Waals surface area contributed by atoms with Crippen LogP contribution in [0.25, 0.3) is 6.08 Å². The van der Waals surface area contributed by atoms with Crippen molar-refractivity contribution in [2.45, 2.75) is 75.0 Å². The molecule has 2 heterocycles. The average molecular weight is 526 g/mol. The summed E-state index contributed by atoms with van der Waals surface area (Å²) < 4.78 is 26.9. The van der Waals surface area contributed by atoms with Gasteiger partial charge in [-0.25, -0.2) is 0 Å². The van der Waals surface area contributed by atoms with E-state index in [0.717, 1.165) is 0 Å². The average Bonchev–Trinajstić information content (AvgIpc) is 3.45. The number of rotatable bonds is 7. The Morgan fingerprint density at radius 3 is 2.35 bits per heavy atom. The van der Waals surface area contributed by atoms with E-state index in [4.69, 9.17) is 23.7 Å². The van der Waals surface area contributed by atoms with E-state index in [9.17, 15) is 35.1 Å². The summed E-state index contributed by atoms with van der Waals surface area (Å²) in [6.45, 7) is 2.67. The van der Waals surface area contributed by atoms with Gasteiger partial charge in [0.1, 0.15) is 55.6 Å². The molecule has 1 aromatic rings. The Bertz CT molecular complexity index is 1050. The van der Waals surface area contributed by atoms with Crippen LogP contribution in [0.4, 0.5) is 0 Å². The molecule has 0 unspecified atom stereocenters. The maximum absolute atomic E-state index is 12.9. The quantitative estimate of drug-likeness (QED) is 0.219. The van der Waals surface area contributed by atoms with E-state index in [1.807, 2.05) is 0 Å². The molecule has 37 heavy (non-hydrogen) atoms. The van der Waals surface area contributed by atoms with Crippen molar-refractivity contribution in [3.05, 3.63) is 29.3 Å². The summed E-state index contributed by atoms with van der Waals surface area (Å²) in [5, 5.41) is 54.0. The molecule has 13 heteroatoms. The Morgan fingerprint density at radius 2 is 1.73 bits per heavy atom. The lowest BCUT2D eigenvalue weighted by atomic mass is 9.83. The fourth-order valence-electron chi connectivity index (χ4n) is 4.72. The number of Topliss-reactive ketones (excluding diaryl/α,β-unsaturated/α-hetero) is 1. The minimum absolute atomic E-state index is 0.0640. The number of aliphatic hydroxyl groups is 4. The molecule has 0 spiro atoms. The van der Waals surface area contributed by atoms with Crippen LogP contribution >= 0.6 is 0 Å². The van der Waals surface area contributed by atoms with Crippen LogP contribution in [0.2, 0.25) is 0 Å². The SMILES string of the molecule is CO[C@@H]1[C@H](NC(=O)/C(C)=C\c2ccc(O[C@@H]3O[C@H](C(C)=O)[C@@H](O)[C@@H]3O)c(O)c2)[C@H](O)[C@@H](O)[C@H]2OCO[C@H]21. The molecule has 1 saturated carbocycles. The van der Waals surface area contributed by atoms with Crippen LogP contribution in [0.5, 0.6) is 11.5 Å². The fraction of sp³-hybridized carbons (Fsp3) is 0.583. The number of carbonyl (C=O) groups is 2. The molecular formula is C24H31NO12. The molecule has 3 fully saturated rings. The summed E-state index contributed by atoms with van der Waals surface area (Å²) in [6.07, 6.45) is -8.97. The van der Waals surface area contributed by atoms with Gasteiger partial charge in [0.25, 0.3) is 0 Å². The number of aromatic hydroxyl groups is 1. The van der Waals surface area contributed by atoms with Crippen molar-refractivity contribution >= 4 is 17.8 Å². The maximum Gasteiger partial charge on any atom is 0.247 e. The van der Waals surface area contributed by atoms with Gasteiger partial charge >= 0.3 is 0 Å². The van der Waals surface area contributed by atoms with Crippen LogP contribution in [-0.4, -0.2) is 112 Å². The molecule has 204 valence electrons. The normalized spacial score (nSPS) is 37.8. The van der Waals surface area contributed by atoms with E-state index in [1.54, 1.807) is 0 Å². The molecule has 1 aromatic carbocycles. The van der Waals surface area contributed by atoms with Gasteiger partial charge in [0, 0.05) is 12.7 Å².